The van der Waals surface area contributed by atoms with Crippen molar-refractivity contribution in [3.63, 3.8) is 0 Å². The van der Waals surface area contributed by atoms with Crippen LogP contribution in [0.5, 0.6) is 0 Å². The van der Waals surface area contributed by atoms with Crippen molar-refractivity contribution in [1.29, 1.82) is 0 Å². The molecule has 62 valence electrons. The number of Topliss-reactive ketones (excluding diaryl/α,β-unsaturated/α-hetero) is 1. The first-order valence-electron chi connectivity index (χ1n) is 3.47. The van der Waals surface area contributed by atoms with Gasteiger partial charge >= 0.3 is 0 Å². The molecule has 12 heavy (non-hydrogen) atoms. The molecule has 1 aliphatic rings. The Balaban J connectivity index is 2.61. The third kappa shape index (κ3) is 0.816. The molecule has 0 spiro atoms. The van der Waals surface area contributed by atoms with Gasteiger partial charge in [0.15, 0.2) is 6.23 Å². The second-order valence-corrected chi connectivity index (χ2v) is 2.57. The lowest BCUT2D eigenvalue weighted by Gasteiger charge is -1.99. The van der Waals surface area contributed by atoms with Crippen LogP contribution in [0.3, 0.4) is 0 Å². The molecule has 1 unspecified atom stereocenters. The molecule has 0 aromatic heterocycles. The van der Waals surface area contributed by atoms with Gasteiger partial charge < -0.3 is 10.4 Å². The van der Waals surface area contributed by atoms with Gasteiger partial charge in [-0.2, -0.15) is 0 Å². The van der Waals surface area contributed by atoms with Gasteiger partial charge in [-0.15, -0.1) is 0 Å². The van der Waals surface area contributed by atoms with E-state index in [2.05, 4.69) is 5.32 Å². The molecule has 0 saturated carbocycles. The molecule has 1 aromatic carbocycles. The van der Waals surface area contributed by atoms with Gasteiger partial charge in [-0.3, -0.25) is 4.79 Å². The van der Waals surface area contributed by atoms with Crippen molar-refractivity contribution in [1.82, 2.24) is 0 Å². The standard InChI is InChI=1S/C8H6FNO2/c9-5-3-1-2-4-6(5)10-8(12)7(4)11/h1-3,8,10,12H. The van der Waals surface area contributed by atoms with E-state index in [4.69, 9.17) is 5.11 Å². The smallest absolute Gasteiger partial charge is 0.213 e. The maximum absolute atomic E-state index is 12.9. The van der Waals surface area contributed by atoms with Crippen LogP contribution in [0.4, 0.5) is 10.1 Å². The summed E-state index contributed by atoms with van der Waals surface area (Å²) in [5, 5.41) is 11.4. The van der Waals surface area contributed by atoms with Crippen LogP contribution in [0.2, 0.25) is 0 Å². The Morgan fingerprint density at radius 2 is 2.25 bits per heavy atom. The van der Waals surface area contributed by atoms with E-state index in [1.54, 1.807) is 0 Å². The second-order valence-electron chi connectivity index (χ2n) is 2.57. The van der Waals surface area contributed by atoms with Crippen molar-refractivity contribution < 1.29 is 14.3 Å². The fraction of sp³-hybridized carbons (Fsp3) is 0.125. The van der Waals surface area contributed by atoms with Crippen LogP contribution in [0.25, 0.3) is 0 Å². The van der Waals surface area contributed by atoms with Crippen LogP contribution < -0.4 is 5.32 Å². The highest BCUT2D eigenvalue weighted by molar-refractivity contribution is 6.09. The number of halogens is 1. The van der Waals surface area contributed by atoms with Gasteiger partial charge in [0.1, 0.15) is 5.82 Å². The molecule has 1 aliphatic heterocycles. The Morgan fingerprint density at radius 1 is 1.50 bits per heavy atom. The molecule has 1 heterocycles. The summed E-state index contributed by atoms with van der Waals surface area (Å²) < 4.78 is 12.9. The minimum Gasteiger partial charge on any atom is -0.367 e. The van der Waals surface area contributed by atoms with Crippen LogP contribution in [0.1, 0.15) is 10.4 Å². The number of hydrogen-bond donors (Lipinski definition) is 2. The molecular formula is C8H6FNO2. The fourth-order valence-electron chi connectivity index (χ4n) is 1.23. The molecule has 0 fully saturated rings. The first kappa shape index (κ1) is 7.24. The molecular weight excluding hydrogens is 161 g/mol. The van der Waals surface area contributed by atoms with Crippen LogP contribution in [0, 0.1) is 5.82 Å². The third-order valence-electron chi connectivity index (χ3n) is 1.81. The largest absolute Gasteiger partial charge is 0.367 e. The topological polar surface area (TPSA) is 49.3 Å². The summed E-state index contributed by atoms with van der Waals surface area (Å²) in [5.74, 6) is -0.998. The van der Waals surface area contributed by atoms with Gasteiger partial charge in [-0.1, -0.05) is 6.07 Å². The van der Waals surface area contributed by atoms with Crippen molar-refractivity contribution >= 4 is 11.5 Å². The van der Waals surface area contributed by atoms with E-state index in [1.165, 1.54) is 18.2 Å². The fourth-order valence-corrected chi connectivity index (χ4v) is 1.23. The number of nitrogens with one attached hydrogen (secondary N) is 1. The Labute approximate surface area is 67.8 Å². The van der Waals surface area contributed by atoms with E-state index >= 15 is 0 Å². The van der Waals surface area contributed by atoms with E-state index < -0.39 is 17.8 Å². The van der Waals surface area contributed by atoms with Crippen LogP contribution in [0.15, 0.2) is 18.2 Å². The van der Waals surface area contributed by atoms with Gasteiger partial charge in [-0.05, 0) is 12.1 Å². The van der Waals surface area contributed by atoms with Crippen LogP contribution in [-0.4, -0.2) is 17.1 Å². The molecule has 4 heteroatoms. The molecule has 0 aliphatic carbocycles. The summed E-state index contributed by atoms with van der Waals surface area (Å²) in [6.45, 7) is 0. The van der Waals surface area contributed by atoms with Crippen molar-refractivity contribution in [2.24, 2.45) is 0 Å². The number of ketones is 1. The number of carbonyl (C=O) groups is 1. The second kappa shape index (κ2) is 2.28. The lowest BCUT2D eigenvalue weighted by molar-refractivity contribution is 0.0814. The summed E-state index contributed by atoms with van der Waals surface area (Å²) in [5.41, 5.74) is 0.303. The number of benzene rings is 1. The van der Waals surface area contributed by atoms with E-state index in [1.807, 2.05) is 0 Å². The Kier molecular flexibility index (Phi) is 1.38. The predicted molar refractivity (Wildman–Crippen MR) is 40.4 cm³/mol. The summed E-state index contributed by atoms with van der Waals surface area (Å²) in [7, 11) is 0. The highest BCUT2D eigenvalue weighted by Crippen LogP contribution is 2.27. The first-order chi connectivity index (χ1) is 5.70. The maximum atomic E-state index is 12.9. The molecule has 2 rings (SSSR count). The Bertz CT molecular complexity index is 351. The Morgan fingerprint density at radius 3 is 2.92 bits per heavy atom. The average Bonchev–Trinajstić information content (AvgIpc) is 2.32. The third-order valence-corrected chi connectivity index (χ3v) is 1.81. The monoisotopic (exact) mass is 167 g/mol. The zero-order chi connectivity index (χ0) is 8.72. The average molecular weight is 167 g/mol. The van der Waals surface area contributed by atoms with E-state index in [0.29, 0.717) is 0 Å². The number of carbonyl (C=O) groups excluding carboxylic acids is 1. The van der Waals surface area contributed by atoms with E-state index in [9.17, 15) is 9.18 Å². The lowest BCUT2D eigenvalue weighted by atomic mass is 10.1. The molecule has 0 bridgehead atoms. The van der Waals surface area contributed by atoms with E-state index in [0.717, 1.165) is 0 Å². The summed E-state index contributed by atoms with van der Waals surface area (Å²) >= 11 is 0. The van der Waals surface area contributed by atoms with Gasteiger partial charge in [-0.25, -0.2) is 4.39 Å². The maximum Gasteiger partial charge on any atom is 0.213 e. The number of para-hydroxylation sites is 1. The number of aliphatic hydroxyl groups is 1. The normalized spacial score (nSPS) is 20.5. The lowest BCUT2D eigenvalue weighted by Crippen LogP contribution is -2.20. The number of anilines is 1. The summed E-state index contributed by atoms with van der Waals surface area (Å²) in [4.78, 5) is 11.1. The number of fused-ring (bicyclic) bond motifs is 1. The number of rotatable bonds is 0. The van der Waals surface area contributed by atoms with Crippen molar-refractivity contribution in [2.45, 2.75) is 6.23 Å². The molecule has 1 atom stereocenters. The van der Waals surface area contributed by atoms with Crippen molar-refractivity contribution in [3.8, 4) is 0 Å². The van der Waals surface area contributed by atoms with Crippen molar-refractivity contribution in [3.05, 3.63) is 29.6 Å². The molecule has 1 aromatic rings. The van der Waals surface area contributed by atoms with Gasteiger partial charge in [0.2, 0.25) is 5.78 Å². The highest BCUT2D eigenvalue weighted by atomic mass is 19.1. The van der Waals surface area contributed by atoms with Gasteiger partial charge in [0.25, 0.3) is 0 Å². The van der Waals surface area contributed by atoms with Gasteiger partial charge in [0, 0.05) is 5.56 Å². The van der Waals surface area contributed by atoms with Gasteiger partial charge in [0.05, 0.1) is 5.69 Å². The molecule has 0 radical (unpaired) electrons. The molecule has 3 nitrogen and oxygen atoms in total. The van der Waals surface area contributed by atoms with Crippen LogP contribution >= 0.6 is 0 Å². The van der Waals surface area contributed by atoms with E-state index in [-0.39, 0.29) is 11.3 Å². The SMILES string of the molecule is O=C1c2cccc(F)c2NC1O. The zero-order valence-electron chi connectivity index (χ0n) is 6.04. The quantitative estimate of drug-likeness (QED) is 0.599. The minimum atomic E-state index is -1.29. The highest BCUT2D eigenvalue weighted by Gasteiger charge is 2.29. The molecule has 0 saturated heterocycles. The number of aliphatic hydroxyl groups excluding tert-OH is 1. The number of hydrogen-bond acceptors (Lipinski definition) is 3. The zero-order valence-corrected chi connectivity index (χ0v) is 6.04. The first-order valence-corrected chi connectivity index (χ1v) is 3.47. The summed E-state index contributed by atoms with van der Waals surface area (Å²) in [6.07, 6.45) is -1.29. The van der Waals surface area contributed by atoms with Crippen LogP contribution in [-0.2, 0) is 0 Å². The summed E-state index contributed by atoms with van der Waals surface area (Å²) in [6, 6.07) is 4.15. The molecule has 0 amide bonds. The predicted octanol–water partition coefficient (Wildman–Crippen LogP) is 0.752. The molecule has 2 N–H and O–H groups in total. The van der Waals surface area contributed by atoms with Crippen molar-refractivity contribution in [2.75, 3.05) is 5.32 Å². The Hall–Kier alpha value is -1.42. The minimum absolute atomic E-state index is 0.0926.